The third-order valence-electron chi connectivity index (χ3n) is 7.44. The van der Waals surface area contributed by atoms with Crippen LogP contribution in [0.1, 0.15) is 44.1 Å². The molecule has 2 aromatic heterocycles. The summed E-state index contributed by atoms with van der Waals surface area (Å²) in [6.45, 7) is 0.760. The second kappa shape index (κ2) is 6.23. The van der Waals surface area contributed by atoms with Crippen molar-refractivity contribution in [3.05, 3.63) is 54.5 Å². The topological polar surface area (TPSA) is 71.4 Å². The predicted molar refractivity (Wildman–Crippen MR) is 106 cm³/mol. The molecule has 4 atom stereocenters. The fourth-order valence-electron chi connectivity index (χ4n) is 6.74. The van der Waals surface area contributed by atoms with Crippen LogP contribution in [0.25, 0.3) is 11.3 Å². The summed E-state index contributed by atoms with van der Waals surface area (Å²) in [5, 5.41) is 15.8. The van der Waals surface area contributed by atoms with Crippen molar-refractivity contribution in [3.63, 3.8) is 0 Å². The number of nitrogens with one attached hydrogen (secondary N) is 2. The molecular weight excluding hydrogens is 367 g/mol. The summed E-state index contributed by atoms with van der Waals surface area (Å²) in [6.07, 6.45) is 12.9. The fourth-order valence-corrected chi connectivity index (χ4v) is 6.74. The van der Waals surface area contributed by atoms with Crippen LogP contribution in [0.5, 0.6) is 0 Å². The van der Waals surface area contributed by atoms with Crippen LogP contribution in [-0.4, -0.2) is 30.5 Å². The minimum absolute atomic E-state index is 0.115. The zero-order valence-corrected chi connectivity index (χ0v) is 16.3. The highest BCUT2D eigenvalue weighted by Crippen LogP contribution is 2.60. The van der Waals surface area contributed by atoms with E-state index in [1.807, 2.05) is 12.5 Å². The summed E-state index contributed by atoms with van der Waals surface area (Å²) in [5.74, 6) is 1.29. The zero-order chi connectivity index (χ0) is 19.5. The predicted octanol–water partition coefficient (Wildman–Crippen LogP) is 3.65. The number of halogens is 1. The van der Waals surface area contributed by atoms with Crippen LogP contribution >= 0.6 is 0 Å². The Bertz CT molecular complexity index is 994. The van der Waals surface area contributed by atoms with Gasteiger partial charge >= 0.3 is 0 Å². The molecule has 4 aliphatic carbocycles. The second-order valence-corrected chi connectivity index (χ2v) is 9.44. The van der Waals surface area contributed by atoms with Gasteiger partial charge in [0.1, 0.15) is 18.5 Å². The van der Waals surface area contributed by atoms with Gasteiger partial charge in [-0.2, -0.15) is 10.2 Å². The van der Waals surface area contributed by atoms with E-state index in [-0.39, 0.29) is 16.9 Å². The van der Waals surface area contributed by atoms with E-state index in [1.54, 1.807) is 18.5 Å². The number of H-pyrrole nitrogens is 1. The molecule has 2 N–H and O–H groups in total. The van der Waals surface area contributed by atoms with Gasteiger partial charge in [0.15, 0.2) is 0 Å². The van der Waals surface area contributed by atoms with Gasteiger partial charge in [0.05, 0.1) is 17.4 Å². The molecule has 3 aromatic rings. The molecule has 2 unspecified atom stereocenters. The number of hydrogen-bond acceptors (Lipinski definition) is 4. The zero-order valence-electron chi connectivity index (χ0n) is 16.3. The molecule has 0 spiro atoms. The maximum absolute atomic E-state index is 13.3. The molecule has 4 fully saturated rings. The van der Waals surface area contributed by atoms with Crippen LogP contribution in [0.4, 0.5) is 4.39 Å². The summed E-state index contributed by atoms with van der Waals surface area (Å²) in [6, 6.07) is 6.59. The Balaban J connectivity index is 1.26. The molecule has 150 valence electrons. The lowest BCUT2D eigenvalue weighted by molar-refractivity contribution is -0.0788. The Morgan fingerprint density at radius 1 is 1.14 bits per heavy atom. The highest BCUT2D eigenvalue weighted by molar-refractivity contribution is 5.62. The van der Waals surface area contributed by atoms with Crippen LogP contribution in [0, 0.1) is 17.7 Å². The number of aromatic amines is 1. The third-order valence-corrected chi connectivity index (χ3v) is 7.44. The van der Waals surface area contributed by atoms with Crippen LogP contribution in [0.2, 0.25) is 0 Å². The van der Waals surface area contributed by atoms with Gasteiger partial charge in [0.2, 0.25) is 0 Å². The van der Waals surface area contributed by atoms with Gasteiger partial charge in [-0.05, 0) is 74.6 Å². The molecular formula is C22H25FN6. The monoisotopic (exact) mass is 392 g/mol. The SMILES string of the molecule is Fc1ccc(-c2[nH]ncc2CNC23C[C@H]4C[C@@H](C2)CC(n2cncn2)(C4)C3)cc1. The van der Waals surface area contributed by atoms with E-state index in [0.717, 1.165) is 41.6 Å². The lowest BCUT2D eigenvalue weighted by Crippen LogP contribution is -2.64. The van der Waals surface area contributed by atoms with E-state index < -0.39 is 0 Å². The quantitative estimate of drug-likeness (QED) is 0.695. The van der Waals surface area contributed by atoms with Gasteiger partial charge in [0, 0.05) is 23.2 Å². The number of aromatic nitrogens is 5. The first kappa shape index (κ1) is 17.3. The van der Waals surface area contributed by atoms with E-state index in [2.05, 4.69) is 30.3 Å². The van der Waals surface area contributed by atoms with E-state index in [0.29, 0.717) is 0 Å². The minimum Gasteiger partial charge on any atom is -0.307 e. The van der Waals surface area contributed by atoms with Crippen molar-refractivity contribution >= 4 is 0 Å². The van der Waals surface area contributed by atoms with Gasteiger partial charge in [0.25, 0.3) is 0 Å². The van der Waals surface area contributed by atoms with Crippen LogP contribution in [0.15, 0.2) is 43.1 Å². The lowest BCUT2D eigenvalue weighted by atomic mass is 9.50. The van der Waals surface area contributed by atoms with E-state index >= 15 is 0 Å². The number of benzene rings is 1. The van der Waals surface area contributed by atoms with Gasteiger partial charge < -0.3 is 5.32 Å². The van der Waals surface area contributed by atoms with Gasteiger partial charge in [-0.1, -0.05) is 0 Å². The summed E-state index contributed by atoms with van der Waals surface area (Å²) in [4.78, 5) is 4.23. The molecule has 0 radical (unpaired) electrons. The molecule has 7 rings (SSSR count). The van der Waals surface area contributed by atoms with Gasteiger partial charge in [-0.3, -0.25) is 5.10 Å². The van der Waals surface area contributed by atoms with E-state index in [4.69, 9.17) is 0 Å². The Hall–Kier alpha value is -2.54. The first-order valence-corrected chi connectivity index (χ1v) is 10.5. The van der Waals surface area contributed by atoms with Crippen molar-refractivity contribution in [2.24, 2.45) is 11.8 Å². The van der Waals surface area contributed by atoms with Gasteiger partial charge in [-0.15, -0.1) is 0 Å². The smallest absolute Gasteiger partial charge is 0.137 e. The molecule has 0 aliphatic heterocycles. The summed E-state index contributed by atoms with van der Waals surface area (Å²) in [5.41, 5.74) is 3.32. The molecule has 0 saturated heterocycles. The Labute approximate surface area is 168 Å². The fraction of sp³-hybridized carbons (Fsp3) is 0.500. The van der Waals surface area contributed by atoms with Crippen molar-refractivity contribution in [2.45, 2.75) is 56.1 Å². The first-order valence-electron chi connectivity index (χ1n) is 10.5. The molecule has 6 nitrogen and oxygen atoms in total. The maximum Gasteiger partial charge on any atom is 0.137 e. The average molecular weight is 392 g/mol. The third kappa shape index (κ3) is 2.82. The normalized spacial score (nSPS) is 32.7. The van der Waals surface area contributed by atoms with Crippen LogP contribution in [0.3, 0.4) is 0 Å². The minimum atomic E-state index is -0.222. The van der Waals surface area contributed by atoms with Crippen molar-refractivity contribution in [2.75, 3.05) is 0 Å². The van der Waals surface area contributed by atoms with Crippen molar-refractivity contribution in [1.29, 1.82) is 0 Å². The van der Waals surface area contributed by atoms with Crippen molar-refractivity contribution < 1.29 is 4.39 Å². The Morgan fingerprint density at radius 2 is 1.93 bits per heavy atom. The molecule has 7 heteroatoms. The summed E-state index contributed by atoms with van der Waals surface area (Å²) < 4.78 is 15.4. The van der Waals surface area contributed by atoms with Crippen LogP contribution < -0.4 is 5.32 Å². The highest BCUT2D eigenvalue weighted by atomic mass is 19.1. The van der Waals surface area contributed by atoms with Crippen LogP contribution in [-0.2, 0) is 12.1 Å². The first-order chi connectivity index (χ1) is 14.1. The maximum atomic E-state index is 13.3. The molecule has 2 heterocycles. The number of hydrogen-bond donors (Lipinski definition) is 2. The number of nitrogens with zero attached hydrogens (tertiary/aromatic N) is 4. The largest absolute Gasteiger partial charge is 0.307 e. The van der Waals surface area contributed by atoms with Gasteiger partial charge in [-0.25, -0.2) is 14.1 Å². The Morgan fingerprint density at radius 3 is 2.66 bits per heavy atom. The molecule has 0 amide bonds. The molecule has 4 aliphatic rings. The lowest BCUT2D eigenvalue weighted by Gasteiger charge is -2.62. The van der Waals surface area contributed by atoms with Crippen molar-refractivity contribution in [3.8, 4) is 11.3 Å². The standard InChI is InChI=1S/C22H25FN6/c23-19-3-1-17(2-4-19)20-18(11-26-28-20)10-25-21-6-15-5-16(7-21)9-22(8-15,12-21)29-14-24-13-27-29/h1-4,11,13-16,25H,5-10,12H2,(H,26,28)/t15-,16+,21?,22?. The highest BCUT2D eigenvalue weighted by Gasteiger charge is 2.58. The molecule has 4 saturated carbocycles. The molecule has 29 heavy (non-hydrogen) atoms. The summed E-state index contributed by atoms with van der Waals surface area (Å²) >= 11 is 0. The van der Waals surface area contributed by atoms with E-state index in [1.165, 1.54) is 44.2 Å². The summed E-state index contributed by atoms with van der Waals surface area (Å²) in [7, 11) is 0. The number of rotatable bonds is 5. The average Bonchev–Trinajstić information content (AvgIpc) is 3.39. The van der Waals surface area contributed by atoms with E-state index in [9.17, 15) is 4.39 Å². The molecule has 4 bridgehead atoms. The molecule has 1 aromatic carbocycles. The van der Waals surface area contributed by atoms with Crippen molar-refractivity contribution in [1.82, 2.24) is 30.3 Å². The second-order valence-electron chi connectivity index (χ2n) is 9.44. The Kier molecular flexibility index (Phi) is 3.72.